The maximum absolute atomic E-state index is 14.8. The molecule has 1 amide bonds. The molecule has 0 radical (unpaired) electrons. The van der Waals surface area contributed by atoms with Gasteiger partial charge in [0.05, 0.1) is 28.2 Å². The van der Waals surface area contributed by atoms with Crippen molar-refractivity contribution in [2.45, 2.75) is 37.5 Å². The van der Waals surface area contributed by atoms with Gasteiger partial charge in [0, 0.05) is 25.3 Å². The van der Waals surface area contributed by atoms with Gasteiger partial charge in [0.15, 0.2) is 11.8 Å². The van der Waals surface area contributed by atoms with Gasteiger partial charge in [-0.25, -0.2) is 22.8 Å². The van der Waals surface area contributed by atoms with E-state index in [2.05, 4.69) is 14.3 Å². The van der Waals surface area contributed by atoms with Gasteiger partial charge in [-0.2, -0.15) is 0 Å². The number of anilines is 1. The number of hydrogen-bond acceptors (Lipinski definition) is 8. The van der Waals surface area contributed by atoms with Crippen molar-refractivity contribution in [3.63, 3.8) is 0 Å². The van der Waals surface area contributed by atoms with Crippen molar-refractivity contribution in [2.24, 2.45) is 0 Å². The van der Waals surface area contributed by atoms with Crippen LogP contribution in [0.15, 0.2) is 28.7 Å². The summed E-state index contributed by atoms with van der Waals surface area (Å²) in [4.78, 5) is 24.6. The molecule has 0 aliphatic carbocycles. The second kappa shape index (κ2) is 9.43. The zero-order valence-corrected chi connectivity index (χ0v) is 21.6. The molecular weight excluding hydrogens is 513 g/mol. The summed E-state index contributed by atoms with van der Waals surface area (Å²) in [5.41, 5.74) is 2.33. The van der Waals surface area contributed by atoms with E-state index in [1.807, 2.05) is 6.92 Å². The summed E-state index contributed by atoms with van der Waals surface area (Å²) in [7, 11) is -3.46. The minimum Gasteiger partial charge on any atom is -0.482 e. The number of hydrogen-bond donors (Lipinski definition) is 1. The van der Waals surface area contributed by atoms with E-state index in [1.54, 1.807) is 28.1 Å². The van der Waals surface area contributed by atoms with Crippen molar-refractivity contribution in [1.29, 1.82) is 0 Å². The zero-order valence-electron chi connectivity index (χ0n) is 19.2. The van der Waals surface area contributed by atoms with Gasteiger partial charge >= 0.3 is 0 Å². The van der Waals surface area contributed by atoms with Crippen molar-refractivity contribution in [1.82, 2.24) is 19.4 Å². The topological polar surface area (TPSA) is 106 Å². The lowest BCUT2D eigenvalue weighted by molar-refractivity contribution is -0.135. The average molecular weight is 538 g/mol. The van der Waals surface area contributed by atoms with E-state index in [4.69, 9.17) is 9.72 Å². The third-order valence-electron chi connectivity index (χ3n) is 5.88. The fraction of sp³-hybridized carbons (Fsp3) is 0.409. The Morgan fingerprint density at radius 1 is 1.29 bits per heavy atom. The molecule has 3 aromatic heterocycles. The highest BCUT2D eigenvalue weighted by Gasteiger charge is 2.39. The number of aryl methyl sites for hydroxylation is 1. The molecule has 0 bridgehead atoms. The van der Waals surface area contributed by atoms with Crippen molar-refractivity contribution in [3.8, 4) is 5.75 Å². The lowest BCUT2D eigenvalue weighted by atomic mass is 10.0. The Balaban J connectivity index is 1.40. The minimum absolute atomic E-state index is 0.187. The van der Waals surface area contributed by atoms with Gasteiger partial charge in [0.1, 0.15) is 23.4 Å². The standard InChI is InChI=1S/C22H24FN5O4S3/c1-3-14-16(4-5-17(24-14)26-35(2,30)31)32-12-18(29)27-8-6-15-19(28-9-11-34-22(28)25-15)20(27)21-13(23)7-10-33-21/h4-5,7,10,20H,3,6,8-9,11-12H2,1-2H3,(H,24,26). The number of sulfonamides is 1. The average Bonchev–Trinajstić information content (AvgIpc) is 3.52. The maximum Gasteiger partial charge on any atom is 0.261 e. The molecule has 2 aliphatic heterocycles. The molecule has 35 heavy (non-hydrogen) atoms. The lowest BCUT2D eigenvalue weighted by Gasteiger charge is -2.35. The molecule has 186 valence electrons. The summed E-state index contributed by atoms with van der Waals surface area (Å²) in [6, 6.07) is 3.96. The second-order valence-electron chi connectivity index (χ2n) is 8.26. The highest BCUT2D eigenvalue weighted by Crippen LogP contribution is 2.42. The quantitative estimate of drug-likeness (QED) is 0.494. The SMILES string of the molecule is CCc1nc(NS(C)(=O)=O)ccc1OCC(=O)N1CCc2nc3n(c2C1c1sccc1F)CCS3. The van der Waals surface area contributed by atoms with Crippen LogP contribution in [0.1, 0.15) is 34.9 Å². The van der Waals surface area contributed by atoms with E-state index in [0.29, 0.717) is 35.7 Å². The van der Waals surface area contributed by atoms with E-state index < -0.39 is 16.1 Å². The highest BCUT2D eigenvalue weighted by atomic mass is 32.2. The first-order chi connectivity index (χ1) is 16.7. The largest absolute Gasteiger partial charge is 0.482 e. The molecule has 0 fully saturated rings. The van der Waals surface area contributed by atoms with Gasteiger partial charge in [-0.15, -0.1) is 11.3 Å². The van der Waals surface area contributed by atoms with Gasteiger partial charge in [0.25, 0.3) is 5.91 Å². The molecule has 9 nitrogen and oxygen atoms in total. The van der Waals surface area contributed by atoms with Gasteiger partial charge in [-0.3, -0.25) is 9.52 Å². The Labute approximate surface area is 210 Å². The van der Waals surface area contributed by atoms with Gasteiger partial charge in [-0.1, -0.05) is 18.7 Å². The molecule has 2 aliphatic rings. The molecule has 0 saturated carbocycles. The summed E-state index contributed by atoms with van der Waals surface area (Å²) >= 11 is 2.97. The van der Waals surface area contributed by atoms with Gasteiger partial charge < -0.3 is 14.2 Å². The minimum atomic E-state index is -3.46. The number of thiophene rings is 1. The third-order valence-corrected chi connectivity index (χ3v) is 8.36. The second-order valence-corrected chi connectivity index (χ2v) is 12.0. The first kappa shape index (κ1) is 24.1. The van der Waals surface area contributed by atoms with Crippen LogP contribution in [0.3, 0.4) is 0 Å². The zero-order chi connectivity index (χ0) is 24.7. The number of rotatable bonds is 7. The van der Waals surface area contributed by atoms with Crippen LogP contribution in [0.25, 0.3) is 0 Å². The number of halogens is 1. The predicted molar refractivity (Wildman–Crippen MR) is 132 cm³/mol. The Bertz CT molecular complexity index is 1390. The first-order valence-electron chi connectivity index (χ1n) is 11.1. The van der Waals surface area contributed by atoms with E-state index in [0.717, 1.165) is 35.1 Å². The van der Waals surface area contributed by atoms with Crippen molar-refractivity contribution in [3.05, 3.63) is 51.4 Å². The van der Waals surface area contributed by atoms with E-state index >= 15 is 0 Å². The van der Waals surface area contributed by atoms with Crippen LogP contribution in [-0.2, 0) is 34.2 Å². The number of nitrogens with zero attached hydrogens (tertiary/aromatic N) is 4. The monoisotopic (exact) mass is 537 g/mol. The number of pyridine rings is 1. The Kier molecular flexibility index (Phi) is 6.49. The summed E-state index contributed by atoms with van der Waals surface area (Å²) < 4.78 is 48.1. The molecule has 5 heterocycles. The van der Waals surface area contributed by atoms with Crippen LogP contribution in [0.2, 0.25) is 0 Å². The maximum atomic E-state index is 14.8. The van der Waals surface area contributed by atoms with Gasteiger partial charge in [0.2, 0.25) is 10.0 Å². The molecule has 0 saturated heterocycles. The number of amides is 1. The fourth-order valence-corrected chi connectivity index (χ4v) is 6.77. The number of fused-ring (bicyclic) bond motifs is 3. The van der Waals surface area contributed by atoms with Crippen LogP contribution in [-0.4, -0.2) is 58.9 Å². The molecule has 5 rings (SSSR count). The molecular formula is C22H24FN5O4S3. The molecule has 0 spiro atoms. The number of carbonyl (C=O) groups excluding carboxylic acids is 1. The number of imidazole rings is 1. The van der Waals surface area contributed by atoms with Crippen LogP contribution >= 0.6 is 23.1 Å². The van der Waals surface area contributed by atoms with Crippen LogP contribution < -0.4 is 9.46 Å². The van der Waals surface area contributed by atoms with Gasteiger partial charge in [-0.05, 0) is 30.0 Å². The predicted octanol–water partition coefficient (Wildman–Crippen LogP) is 3.07. The number of ether oxygens (including phenoxy) is 1. The summed E-state index contributed by atoms with van der Waals surface area (Å²) in [5, 5.41) is 2.61. The Morgan fingerprint density at radius 3 is 2.83 bits per heavy atom. The van der Waals surface area contributed by atoms with Crippen LogP contribution in [0.4, 0.5) is 10.2 Å². The summed E-state index contributed by atoms with van der Waals surface area (Å²) in [6.07, 6.45) is 2.13. The first-order valence-corrected chi connectivity index (χ1v) is 14.9. The van der Waals surface area contributed by atoms with E-state index in [1.165, 1.54) is 23.5 Å². The molecule has 0 aromatic carbocycles. The summed E-state index contributed by atoms with van der Waals surface area (Å²) in [6.45, 7) is 2.81. The van der Waals surface area contributed by atoms with E-state index in [9.17, 15) is 17.6 Å². The van der Waals surface area contributed by atoms with Crippen molar-refractivity contribution >= 4 is 44.8 Å². The number of nitrogens with one attached hydrogen (secondary N) is 1. The van der Waals surface area contributed by atoms with Crippen LogP contribution in [0.5, 0.6) is 5.75 Å². The normalized spacial score (nSPS) is 17.2. The highest BCUT2D eigenvalue weighted by molar-refractivity contribution is 7.99. The number of aromatic nitrogens is 3. The lowest BCUT2D eigenvalue weighted by Crippen LogP contribution is -2.43. The van der Waals surface area contributed by atoms with Crippen molar-refractivity contribution in [2.75, 3.05) is 29.9 Å². The Hall–Kier alpha value is -2.64. The van der Waals surface area contributed by atoms with Crippen LogP contribution in [0, 0.1) is 5.82 Å². The van der Waals surface area contributed by atoms with E-state index in [-0.39, 0.29) is 24.1 Å². The summed E-state index contributed by atoms with van der Waals surface area (Å²) in [5.74, 6) is 0.892. The number of carbonyl (C=O) groups is 1. The third kappa shape index (κ3) is 4.76. The smallest absolute Gasteiger partial charge is 0.261 e. The molecule has 1 atom stereocenters. The fourth-order valence-electron chi connectivity index (χ4n) is 4.42. The van der Waals surface area contributed by atoms with Crippen molar-refractivity contribution < 1.29 is 22.3 Å². The molecule has 13 heteroatoms. The number of thioether (sulfide) groups is 1. The molecule has 3 aromatic rings. The Morgan fingerprint density at radius 2 is 2.11 bits per heavy atom. The molecule has 1 N–H and O–H groups in total. The molecule has 1 unspecified atom stereocenters.